The molecule has 0 saturated heterocycles. The predicted octanol–water partition coefficient (Wildman–Crippen LogP) is 4.54. The maximum absolute atomic E-state index is 9.43. The van der Waals surface area contributed by atoms with Crippen LogP contribution in [0.5, 0.6) is 5.75 Å². The molecule has 2 nitrogen and oxygen atoms in total. The van der Waals surface area contributed by atoms with E-state index in [4.69, 9.17) is 11.6 Å². The van der Waals surface area contributed by atoms with Crippen molar-refractivity contribution in [2.75, 3.05) is 5.32 Å². The van der Waals surface area contributed by atoms with Crippen LogP contribution >= 0.6 is 11.6 Å². The minimum atomic E-state index is 0.132. The average Bonchev–Trinajstić information content (AvgIpc) is 2.48. The van der Waals surface area contributed by atoms with Crippen LogP contribution in [0.2, 0.25) is 5.02 Å². The molecule has 0 saturated carbocycles. The van der Waals surface area contributed by atoms with Crippen LogP contribution in [-0.2, 0) is 19.4 Å². The van der Waals surface area contributed by atoms with Gasteiger partial charge in [0, 0.05) is 12.2 Å². The molecule has 20 heavy (non-hydrogen) atoms. The molecule has 0 aromatic heterocycles. The molecule has 0 unspecified atom stereocenters. The Morgan fingerprint density at radius 2 is 1.95 bits per heavy atom. The van der Waals surface area contributed by atoms with Crippen LogP contribution in [-0.4, -0.2) is 5.11 Å². The lowest BCUT2D eigenvalue weighted by Crippen LogP contribution is -2.08. The molecule has 2 aromatic rings. The summed E-state index contributed by atoms with van der Waals surface area (Å²) in [6.07, 6.45) is 4.92. The minimum Gasteiger partial charge on any atom is -0.506 e. The van der Waals surface area contributed by atoms with E-state index < -0.39 is 0 Å². The highest BCUT2D eigenvalue weighted by Crippen LogP contribution is 2.29. The van der Waals surface area contributed by atoms with Crippen LogP contribution in [0, 0.1) is 0 Å². The number of phenols is 1. The van der Waals surface area contributed by atoms with E-state index in [-0.39, 0.29) is 5.75 Å². The van der Waals surface area contributed by atoms with Gasteiger partial charge >= 0.3 is 0 Å². The lowest BCUT2D eigenvalue weighted by atomic mass is 9.90. The Hall–Kier alpha value is -1.67. The molecule has 0 radical (unpaired) electrons. The van der Waals surface area contributed by atoms with E-state index in [0.717, 1.165) is 18.5 Å². The van der Waals surface area contributed by atoms with Crippen molar-refractivity contribution in [3.8, 4) is 5.75 Å². The summed E-state index contributed by atoms with van der Waals surface area (Å²) in [6.45, 7) is 0.719. The summed E-state index contributed by atoms with van der Waals surface area (Å²) in [7, 11) is 0. The highest BCUT2D eigenvalue weighted by Gasteiger charge is 2.12. The summed E-state index contributed by atoms with van der Waals surface area (Å²) in [4.78, 5) is 0. The van der Waals surface area contributed by atoms with Crippen molar-refractivity contribution in [1.29, 1.82) is 0 Å². The first-order valence-electron chi connectivity index (χ1n) is 7.06. The highest BCUT2D eigenvalue weighted by molar-refractivity contribution is 6.32. The number of phenolic OH excluding ortho intramolecular Hbond substituents is 1. The van der Waals surface area contributed by atoms with Gasteiger partial charge in [0.15, 0.2) is 0 Å². The SMILES string of the molecule is Oc1ccc(CNc2cccc3c2CCCC3)cc1Cl. The zero-order valence-corrected chi connectivity index (χ0v) is 12.1. The van der Waals surface area contributed by atoms with Crippen LogP contribution in [0.15, 0.2) is 36.4 Å². The molecule has 0 bridgehead atoms. The van der Waals surface area contributed by atoms with Gasteiger partial charge in [-0.2, -0.15) is 0 Å². The average molecular weight is 288 g/mol. The zero-order chi connectivity index (χ0) is 13.9. The Balaban J connectivity index is 1.76. The molecule has 3 rings (SSSR count). The summed E-state index contributed by atoms with van der Waals surface area (Å²) in [5, 5.41) is 13.3. The smallest absolute Gasteiger partial charge is 0.134 e. The van der Waals surface area contributed by atoms with Gasteiger partial charge in [-0.3, -0.25) is 0 Å². The third kappa shape index (κ3) is 2.75. The summed E-state index contributed by atoms with van der Waals surface area (Å²) >= 11 is 5.93. The van der Waals surface area contributed by atoms with Gasteiger partial charge in [0.2, 0.25) is 0 Å². The summed E-state index contributed by atoms with van der Waals surface area (Å²) < 4.78 is 0. The quantitative estimate of drug-likeness (QED) is 0.869. The van der Waals surface area contributed by atoms with E-state index >= 15 is 0 Å². The van der Waals surface area contributed by atoms with E-state index in [1.54, 1.807) is 12.1 Å². The fraction of sp³-hybridized carbons (Fsp3) is 0.294. The maximum Gasteiger partial charge on any atom is 0.134 e. The van der Waals surface area contributed by atoms with Crippen molar-refractivity contribution in [3.05, 3.63) is 58.1 Å². The molecule has 0 amide bonds. The minimum absolute atomic E-state index is 0.132. The molecule has 3 heteroatoms. The Morgan fingerprint density at radius 3 is 2.80 bits per heavy atom. The lowest BCUT2D eigenvalue weighted by Gasteiger charge is -2.20. The first-order valence-corrected chi connectivity index (χ1v) is 7.44. The largest absolute Gasteiger partial charge is 0.506 e. The fourth-order valence-corrected chi connectivity index (χ4v) is 3.01. The van der Waals surface area contributed by atoms with Gasteiger partial charge in [-0.15, -0.1) is 0 Å². The molecule has 1 aliphatic carbocycles. The van der Waals surface area contributed by atoms with Crippen molar-refractivity contribution < 1.29 is 5.11 Å². The number of hydrogen-bond donors (Lipinski definition) is 2. The summed E-state index contributed by atoms with van der Waals surface area (Å²) in [6, 6.07) is 11.8. The van der Waals surface area contributed by atoms with Gasteiger partial charge in [-0.25, -0.2) is 0 Å². The number of benzene rings is 2. The second kappa shape index (κ2) is 5.76. The Labute approximate surface area is 124 Å². The van der Waals surface area contributed by atoms with Gasteiger partial charge in [0.1, 0.15) is 5.75 Å². The number of nitrogens with one attached hydrogen (secondary N) is 1. The number of anilines is 1. The first kappa shape index (κ1) is 13.3. The molecule has 0 aliphatic heterocycles. The summed E-state index contributed by atoms with van der Waals surface area (Å²) in [5.74, 6) is 0.132. The lowest BCUT2D eigenvalue weighted by molar-refractivity contribution is 0.475. The first-order chi connectivity index (χ1) is 9.74. The monoisotopic (exact) mass is 287 g/mol. The third-order valence-electron chi connectivity index (χ3n) is 3.89. The number of aromatic hydroxyl groups is 1. The molecule has 1 aliphatic rings. The summed E-state index contributed by atoms with van der Waals surface area (Å²) in [5.41, 5.74) is 5.24. The Morgan fingerprint density at radius 1 is 1.10 bits per heavy atom. The predicted molar refractivity (Wildman–Crippen MR) is 83.5 cm³/mol. The molecular weight excluding hydrogens is 270 g/mol. The van der Waals surface area contributed by atoms with E-state index in [9.17, 15) is 5.11 Å². The number of halogens is 1. The second-order valence-electron chi connectivity index (χ2n) is 5.29. The van der Waals surface area contributed by atoms with Crippen molar-refractivity contribution in [2.45, 2.75) is 32.2 Å². The van der Waals surface area contributed by atoms with Crippen molar-refractivity contribution in [3.63, 3.8) is 0 Å². The number of rotatable bonds is 3. The van der Waals surface area contributed by atoms with E-state index in [1.165, 1.54) is 36.1 Å². The van der Waals surface area contributed by atoms with E-state index in [0.29, 0.717) is 5.02 Å². The number of hydrogen-bond acceptors (Lipinski definition) is 2. The van der Waals surface area contributed by atoms with Gasteiger partial charge in [0.05, 0.1) is 5.02 Å². The molecule has 104 valence electrons. The van der Waals surface area contributed by atoms with Gasteiger partial charge in [0.25, 0.3) is 0 Å². The van der Waals surface area contributed by atoms with Crippen LogP contribution < -0.4 is 5.32 Å². The topological polar surface area (TPSA) is 32.3 Å². The maximum atomic E-state index is 9.43. The third-order valence-corrected chi connectivity index (χ3v) is 4.19. The molecule has 2 N–H and O–H groups in total. The molecule has 0 heterocycles. The fourth-order valence-electron chi connectivity index (χ4n) is 2.80. The van der Waals surface area contributed by atoms with Crippen LogP contribution in [0.3, 0.4) is 0 Å². The van der Waals surface area contributed by atoms with Crippen molar-refractivity contribution in [1.82, 2.24) is 0 Å². The molecule has 2 aromatic carbocycles. The highest BCUT2D eigenvalue weighted by atomic mass is 35.5. The Bertz CT molecular complexity index is 624. The number of aryl methyl sites for hydroxylation is 1. The van der Waals surface area contributed by atoms with Gasteiger partial charge in [-0.05, 0) is 60.6 Å². The standard InChI is InChI=1S/C17H18ClNO/c18-15-10-12(8-9-17(15)20)11-19-16-7-3-5-13-4-1-2-6-14(13)16/h3,5,7-10,19-20H,1-2,4,6,11H2. The molecule has 0 spiro atoms. The molecular formula is C17H18ClNO. The van der Waals surface area contributed by atoms with Gasteiger partial charge < -0.3 is 10.4 Å². The zero-order valence-electron chi connectivity index (χ0n) is 11.3. The number of fused-ring (bicyclic) bond motifs is 1. The molecule has 0 fully saturated rings. The van der Waals surface area contributed by atoms with Gasteiger partial charge in [-0.1, -0.05) is 29.8 Å². The van der Waals surface area contributed by atoms with E-state index in [1.807, 2.05) is 6.07 Å². The van der Waals surface area contributed by atoms with Crippen molar-refractivity contribution >= 4 is 17.3 Å². The normalized spacial score (nSPS) is 13.8. The second-order valence-corrected chi connectivity index (χ2v) is 5.70. The molecule has 0 atom stereocenters. The van der Waals surface area contributed by atoms with Crippen LogP contribution in [0.1, 0.15) is 29.5 Å². The van der Waals surface area contributed by atoms with Crippen LogP contribution in [0.25, 0.3) is 0 Å². The van der Waals surface area contributed by atoms with Crippen molar-refractivity contribution in [2.24, 2.45) is 0 Å². The van der Waals surface area contributed by atoms with Crippen LogP contribution in [0.4, 0.5) is 5.69 Å². The van der Waals surface area contributed by atoms with E-state index in [2.05, 4.69) is 23.5 Å². The Kier molecular flexibility index (Phi) is 3.83.